The van der Waals surface area contributed by atoms with Crippen molar-refractivity contribution in [2.75, 3.05) is 4.90 Å². The standard InChI is InChI=1S/C32H25N/c1-4-11-26(12-5-1)19-20-27-21-23-31(24-22-27)33(30-16-8-3-9-17-30)32-18-10-15-29(25-32)28-13-6-2-7-14-28/h1-25H/b20-19+. The second-order valence-corrected chi connectivity index (χ2v) is 7.92. The Balaban J connectivity index is 1.50. The number of anilines is 3. The molecule has 0 aliphatic rings. The molecule has 0 saturated carbocycles. The molecule has 0 bridgehead atoms. The number of hydrogen-bond acceptors (Lipinski definition) is 1. The van der Waals surface area contributed by atoms with E-state index in [9.17, 15) is 0 Å². The van der Waals surface area contributed by atoms with Gasteiger partial charge in [-0.05, 0) is 58.7 Å². The largest absolute Gasteiger partial charge is 0.310 e. The number of rotatable bonds is 6. The van der Waals surface area contributed by atoms with Crippen LogP contribution in [-0.4, -0.2) is 0 Å². The third kappa shape index (κ3) is 4.94. The molecule has 0 fully saturated rings. The SMILES string of the molecule is C(=C\c1ccc(N(c2ccccc2)c2cccc(-c3ccccc3)c2)cc1)/c1ccccc1. The van der Waals surface area contributed by atoms with E-state index in [4.69, 9.17) is 0 Å². The summed E-state index contributed by atoms with van der Waals surface area (Å²) < 4.78 is 0. The average Bonchev–Trinajstić information content (AvgIpc) is 2.90. The zero-order valence-electron chi connectivity index (χ0n) is 18.4. The van der Waals surface area contributed by atoms with Crippen molar-refractivity contribution in [1.82, 2.24) is 0 Å². The molecule has 0 aromatic heterocycles. The van der Waals surface area contributed by atoms with Crippen molar-refractivity contribution < 1.29 is 0 Å². The maximum absolute atomic E-state index is 2.30. The number of benzene rings is 5. The lowest BCUT2D eigenvalue weighted by Crippen LogP contribution is -2.09. The third-order valence-corrected chi connectivity index (χ3v) is 5.64. The molecule has 0 amide bonds. The second-order valence-electron chi connectivity index (χ2n) is 7.92. The zero-order chi connectivity index (χ0) is 22.3. The zero-order valence-corrected chi connectivity index (χ0v) is 18.4. The topological polar surface area (TPSA) is 3.24 Å². The summed E-state index contributed by atoms with van der Waals surface area (Å²) in [6.45, 7) is 0. The van der Waals surface area contributed by atoms with Crippen molar-refractivity contribution >= 4 is 29.2 Å². The molecule has 33 heavy (non-hydrogen) atoms. The monoisotopic (exact) mass is 423 g/mol. The molecular formula is C32H25N. The lowest BCUT2D eigenvalue weighted by molar-refractivity contribution is 1.28. The first kappa shape index (κ1) is 20.5. The summed E-state index contributed by atoms with van der Waals surface area (Å²) in [5, 5.41) is 0. The van der Waals surface area contributed by atoms with Crippen molar-refractivity contribution in [3.8, 4) is 11.1 Å². The van der Waals surface area contributed by atoms with Crippen molar-refractivity contribution in [3.63, 3.8) is 0 Å². The summed E-state index contributed by atoms with van der Waals surface area (Å²) in [4.78, 5) is 2.30. The Hall–Kier alpha value is -4.36. The highest BCUT2D eigenvalue weighted by molar-refractivity contribution is 5.80. The van der Waals surface area contributed by atoms with E-state index in [0.717, 1.165) is 17.1 Å². The van der Waals surface area contributed by atoms with E-state index in [1.54, 1.807) is 0 Å². The average molecular weight is 424 g/mol. The van der Waals surface area contributed by atoms with Gasteiger partial charge in [-0.15, -0.1) is 0 Å². The summed E-state index contributed by atoms with van der Waals surface area (Å²) in [7, 11) is 0. The molecule has 0 N–H and O–H groups in total. The first-order valence-electron chi connectivity index (χ1n) is 11.2. The number of hydrogen-bond donors (Lipinski definition) is 0. The van der Waals surface area contributed by atoms with Gasteiger partial charge in [0.2, 0.25) is 0 Å². The van der Waals surface area contributed by atoms with Gasteiger partial charge in [-0.25, -0.2) is 0 Å². The predicted octanol–water partition coefficient (Wildman–Crippen LogP) is 8.99. The molecule has 0 unspecified atom stereocenters. The van der Waals surface area contributed by atoms with E-state index in [0.29, 0.717) is 0 Å². The molecule has 0 spiro atoms. The van der Waals surface area contributed by atoms with E-state index >= 15 is 0 Å². The van der Waals surface area contributed by atoms with Gasteiger partial charge in [0.1, 0.15) is 0 Å². The third-order valence-electron chi connectivity index (χ3n) is 5.64. The van der Waals surface area contributed by atoms with Crippen LogP contribution < -0.4 is 4.90 Å². The molecule has 1 nitrogen and oxygen atoms in total. The van der Waals surface area contributed by atoms with Gasteiger partial charge >= 0.3 is 0 Å². The van der Waals surface area contributed by atoms with E-state index < -0.39 is 0 Å². The summed E-state index contributed by atoms with van der Waals surface area (Å²) >= 11 is 0. The number of nitrogens with zero attached hydrogens (tertiary/aromatic N) is 1. The maximum atomic E-state index is 2.30. The van der Waals surface area contributed by atoms with Gasteiger partial charge in [-0.1, -0.05) is 115 Å². The fraction of sp³-hybridized carbons (Fsp3) is 0. The van der Waals surface area contributed by atoms with Crippen LogP contribution in [0.3, 0.4) is 0 Å². The molecule has 0 saturated heterocycles. The van der Waals surface area contributed by atoms with Crippen LogP contribution in [0.1, 0.15) is 11.1 Å². The molecule has 0 radical (unpaired) electrons. The highest BCUT2D eigenvalue weighted by atomic mass is 15.1. The van der Waals surface area contributed by atoms with E-state index in [2.05, 4.69) is 151 Å². The Labute approximate surface area is 195 Å². The van der Waals surface area contributed by atoms with Gasteiger partial charge in [0.05, 0.1) is 0 Å². The van der Waals surface area contributed by atoms with Crippen LogP contribution in [0.4, 0.5) is 17.1 Å². The first-order valence-corrected chi connectivity index (χ1v) is 11.2. The Kier molecular flexibility index (Phi) is 6.13. The quantitative estimate of drug-likeness (QED) is 0.246. The van der Waals surface area contributed by atoms with Crippen LogP contribution in [0.15, 0.2) is 140 Å². The van der Waals surface area contributed by atoms with Gasteiger partial charge in [-0.2, -0.15) is 0 Å². The molecule has 5 rings (SSSR count). The Morgan fingerprint density at radius 2 is 0.848 bits per heavy atom. The van der Waals surface area contributed by atoms with Gasteiger partial charge in [0.25, 0.3) is 0 Å². The highest BCUT2D eigenvalue weighted by Gasteiger charge is 2.13. The van der Waals surface area contributed by atoms with E-state index in [1.165, 1.54) is 22.3 Å². The van der Waals surface area contributed by atoms with Crippen LogP contribution in [0.2, 0.25) is 0 Å². The van der Waals surface area contributed by atoms with Crippen LogP contribution in [-0.2, 0) is 0 Å². The molecule has 0 aliphatic carbocycles. The maximum Gasteiger partial charge on any atom is 0.0467 e. The molecular weight excluding hydrogens is 398 g/mol. The Morgan fingerprint density at radius 1 is 0.364 bits per heavy atom. The Morgan fingerprint density at radius 3 is 1.52 bits per heavy atom. The molecule has 158 valence electrons. The minimum atomic E-state index is 1.13. The van der Waals surface area contributed by atoms with Crippen LogP contribution in [0.25, 0.3) is 23.3 Å². The van der Waals surface area contributed by atoms with Gasteiger partial charge in [0.15, 0.2) is 0 Å². The van der Waals surface area contributed by atoms with E-state index in [1.807, 2.05) is 6.07 Å². The first-order chi connectivity index (χ1) is 16.4. The van der Waals surface area contributed by atoms with Crippen LogP contribution in [0, 0.1) is 0 Å². The van der Waals surface area contributed by atoms with Crippen molar-refractivity contribution in [2.24, 2.45) is 0 Å². The summed E-state index contributed by atoms with van der Waals surface area (Å²) in [5.74, 6) is 0. The van der Waals surface area contributed by atoms with Gasteiger partial charge < -0.3 is 4.90 Å². The van der Waals surface area contributed by atoms with Crippen molar-refractivity contribution in [3.05, 3.63) is 151 Å². The van der Waals surface area contributed by atoms with Crippen molar-refractivity contribution in [2.45, 2.75) is 0 Å². The van der Waals surface area contributed by atoms with Crippen molar-refractivity contribution in [1.29, 1.82) is 0 Å². The molecule has 0 heterocycles. The lowest BCUT2D eigenvalue weighted by Gasteiger charge is -2.26. The minimum Gasteiger partial charge on any atom is -0.310 e. The number of para-hydroxylation sites is 1. The fourth-order valence-electron chi connectivity index (χ4n) is 3.97. The molecule has 0 atom stereocenters. The summed E-state index contributed by atoms with van der Waals surface area (Å²) in [5.41, 5.74) is 8.19. The van der Waals surface area contributed by atoms with Gasteiger partial charge in [-0.3, -0.25) is 0 Å². The molecule has 5 aromatic carbocycles. The fourth-order valence-corrected chi connectivity index (χ4v) is 3.97. The Bertz CT molecular complexity index is 1320. The normalized spacial score (nSPS) is 10.9. The molecule has 5 aromatic rings. The minimum absolute atomic E-state index is 1.13. The van der Waals surface area contributed by atoms with Crippen LogP contribution in [0.5, 0.6) is 0 Å². The predicted molar refractivity (Wildman–Crippen MR) is 142 cm³/mol. The molecule has 0 aliphatic heterocycles. The van der Waals surface area contributed by atoms with Crippen LogP contribution >= 0.6 is 0 Å². The summed E-state index contributed by atoms with van der Waals surface area (Å²) in [6.07, 6.45) is 4.30. The molecule has 1 heteroatoms. The summed E-state index contributed by atoms with van der Waals surface area (Å²) in [6, 6.07) is 48.9. The highest BCUT2D eigenvalue weighted by Crippen LogP contribution is 2.36. The second kappa shape index (κ2) is 9.84. The lowest BCUT2D eigenvalue weighted by atomic mass is 10.0. The van der Waals surface area contributed by atoms with Gasteiger partial charge in [0, 0.05) is 17.1 Å². The smallest absolute Gasteiger partial charge is 0.0467 e. The van der Waals surface area contributed by atoms with E-state index in [-0.39, 0.29) is 0 Å².